The summed E-state index contributed by atoms with van der Waals surface area (Å²) in [5, 5.41) is 14.4. The van der Waals surface area contributed by atoms with Crippen molar-refractivity contribution in [1.82, 2.24) is 9.78 Å². The molecule has 0 saturated carbocycles. The molecule has 1 atom stereocenters. The first-order valence-corrected chi connectivity index (χ1v) is 9.28. The number of ether oxygens (including phenoxy) is 1. The van der Waals surface area contributed by atoms with Gasteiger partial charge in [-0.1, -0.05) is 45.8 Å². The van der Waals surface area contributed by atoms with Crippen LogP contribution in [0.3, 0.4) is 0 Å². The molecule has 3 aromatic rings. The molecule has 1 aliphatic heterocycles. The van der Waals surface area contributed by atoms with Gasteiger partial charge in [-0.15, -0.1) is 0 Å². The minimum Gasteiger partial charge on any atom is -0.453 e. The maximum Gasteiger partial charge on any atom is 0.226 e. The van der Waals surface area contributed by atoms with Gasteiger partial charge in [0.15, 0.2) is 6.23 Å². The fourth-order valence-electron chi connectivity index (χ4n) is 3.26. The molecule has 1 aromatic heterocycles. The van der Waals surface area contributed by atoms with Crippen LogP contribution in [0.4, 0.5) is 0 Å². The summed E-state index contributed by atoms with van der Waals surface area (Å²) < 4.78 is 8.65. The average Bonchev–Trinajstić information content (AvgIpc) is 2.98. The van der Waals surface area contributed by atoms with Crippen LogP contribution in [0.5, 0.6) is 5.88 Å². The summed E-state index contributed by atoms with van der Waals surface area (Å²) >= 11 is 3.45. The molecular weight excluding hydrogens is 404 g/mol. The van der Waals surface area contributed by atoms with Crippen LogP contribution < -0.4 is 10.5 Å². The fourth-order valence-corrected chi connectivity index (χ4v) is 3.52. The molecule has 0 amide bonds. The van der Waals surface area contributed by atoms with Crippen molar-refractivity contribution in [1.29, 1.82) is 5.26 Å². The number of rotatable bonds is 2. The number of nitriles is 1. The van der Waals surface area contributed by atoms with Gasteiger partial charge in [-0.3, -0.25) is 5.73 Å². The highest BCUT2D eigenvalue weighted by atomic mass is 79.9. The van der Waals surface area contributed by atoms with Gasteiger partial charge in [0, 0.05) is 10.0 Å². The molecule has 2 N–H and O–H groups in total. The quantitative estimate of drug-likeness (QED) is 0.671. The molecular formula is C21H17BrN4O. The summed E-state index contributed by atoms with van der Waals surface area (Å²) in [5.74, 6) is 0.553. The molecule has 0 saturated heterocycles. The number of fused-ring (bicyclic) bond motifs is 1. The Labute approximate surface area is 165 Å². The smallest absolute Gasteiger partial charge is 0.226 e. The van der Waals surface area contributed by atoms with Crippen LogP contribution >= 0.6 is 15.9 Å². The largest absolute Gasteiger partial charge is 0.453 e. The van der Waals surface area contributed by atoms with Crippen molar-refractivity contribution in [2.75, 3.05) is 0 Å². The summed E-state index contributed by atoms with van der Waals surface area (Å²) in [5.41, 5.74) is 11.9. The van der Waals surface area contributed by atoms with Crippen LogP contribution in [0.1, 0.15) is 22.4 Å². The fraction of sp³-hybridized carbons (Fsp3) is 0.143. The lowest BCUT2D eigenvalue weighted by Crippen LogP contribution is -2.33. The first-order valence-electron chi connectivity index (χ1n) is 8.49. The predicted molar refractivity (Wildman–Crippen MR) is 107 cm³/mol. The number of nitrogens with zero attached hydrogens (tertiary/aromatic N) is 3. The maximum absolute atomic E-state index is 9.72. The van der Waals surface area contributed by atoms with Crippen LogP contribution in [0.15, 0.2) is 58.6 Å². The van der Waals surface area contributed by atoms with Crippen molar-refractivity contribution in [3.05, 3.63) is 81.0 Å². The SMILES string of the molecule is Cc1ccc(C2=C(C#N)C(N)Oc3c2c(C)nn3-c2ccc(Br)cc2)cc1. The molecule has 6 heteroatoms. The summed E-state index contributed by atoms with van der Waals surface area (Å²) in [4.78, 5) is 0. The van der Waals surface area contributed by atoms with Crippen molar-refractivity contribution < 1.29 is 4.74 Å². The normalized spacial score (nSPS) is 15.9. The second kappa shape index (κ2) is 6.69. The van der Waals surface area contributed by atoms with E-state index in [9.17, 15) is 5.26 Å². The lowest BCUT2D eigenvalue weighted by molar-refractivity contribution is 0.228. The molecule has 1 unspecified atom stereocenters. The van der Waals surface area contributed by atoms with Gasteiger partial charge in [0.1, 0.15) is 6.07 Å². The van der Waals surface area contributed by atoms with E-state index in [-0.39, 0.29) is 0 Å². The molecule has 0 fully saturated rings. The van der Waals surface area contributed by atoms with Gasteiger partial charge in [0.2, 0.25) is 5.88 Å². The Hall–Kier alpha value is -2.88. The summed E-state index contributed by atoms with van der Waals surface area (Å²) in [6, 6.07) is 18.0. The first kappa shape index (κ1) is 17.5. The van der Waals surface area contributed by atoms with E-state index in [0.29, 0.717) is 11.5 Å². The predicted octanol–water partition coefficient (Wildman–Crippen LogP) is 4.25. The number of hydrogen-bond acceptors (Lipinski definition) is 4. The second-order valence-corrected chi connectivity index (χ2v) is 7.37. The van der Waals surface area contributed by atoms with E-state index in [1.165, 1.54) is 0 Å². The van der Waals surface area contributed by atoms with E-state index in [2.05, 4.69) is 27.1 Å². The minimum absolute atomic E-state index is 0.407. The number of benzene rings is 2. The molecule has 0 aliphatic carbocycles. The lowest BCUT2D eigenvalue weighted by Gasteiger charge is -2.25. The van der Waals surface area contributed by atoms with Gasteiger partial charge < -0.3 is 4.74 Å². The van der Waals surface area contributed by atoms with E-state index in [1.807, 2.05) is 62.4 Å². The highest BCUT2D eigenvalue weighted by Gasteiger charge is 2.33. The molecule has 27 heavy (non-hydrogen) atoms. The van der Waals surface area contributed by atoms with Crippen LogP contribution in [0.25, 0.3) is 11.3 Å². The molecule has 2 aromatic carbocycles. The Morgan fingerprint density at radius 2 is 1.78 bits per heavy atom. The third-order valence-electron chi connectivity index (χ3n) is 4.59. The van der Waals surface area contributed by atoms with Crippen molar-refractivity contribution in [2.24, 2.45) is 5.73 Å². The zero-order valence-corrected chi connectivity index (χ0v) is 16.5. The van der Waals surface area contributed by atoms with Crippen molar-refractivity contribution in [2.45, 2.75) is 20.1 Å². The summed E-state index contributed by atoms with van der Waals surface area (Å²) in [6.07, 6.45) is -0.843. The van der Waals surface area contributed by atoms with Gasteiger partial charge >= 0.3 is 0 Å². The van der Waals surface area contributed by atoms with Crippen molar-refractivity contribution in [3.63, 3.8) is 0 Å². The first-order chi connectivity index (χ1) is 13.0. The third kappa shape index (κ3) is 2.95. The topological polar surface area (TPSA) is 76.9 Å². The summed E-state index contributed by atoms with van der Waals surface area (Å²) in [7, 11) is 0. The number of aromatic nitrogens is 2. The van der Waals surface area contributed by atoms with E-state index in [0.717, 1.165) is 38.1 Å². The molecule has 0 spiro atoms. The number of halogens is 1. The molecule has 4 rings (SSSR count). The second-order valence-electron chi connectivity index (χ2n) is 6.46. The standard InChI is InChI=1S/C21H17BrN4O/c1-12-3-5-14(6-4-12)19-17(11-23)20(24)27-21-18(19)13(2)25-26(21)16-9-7-15(22)8-10-16/h3-10,20H,24H2,1-2H3. The van der Waals surface area contributed by atoms with Crippen LogP contribution in [0, 0.1) is 25.2 Å². The Morgan fingerprint density at radius 3 is 2.41 bits per heavy atom. The number of hydrogen-bond donors (Lipinski definition) is 1. The lowest BCUT2D eigenvalue weighted by atomic mass is 9.91. The van der Waals surface area contributed by atoms with E-state index in [1.54, 1.807) is 4.68 Å². The van der Waals surface area contributed by atoms with Crippen LogP contribution in [-0.2, 0) is 0 Å². The maximum atomic E-state index is 9.72. The van der Waals surface area contributed by atoms with Crippen molar-refractivity contribution in [3.8, 4) is 17.6 Å². The average molecular weight is 421 g/mol. The van der Waals surface area contributed by atoms with Gasteiger partial charge in [0.25, 0.3) is 0 Å². The Morgan fingerprint density at radius 1 is 1.11 bits per heavy atom. The highest BCUT2D eigenvalue weighted by molar-refractivity contribution is 9.10. The number of aryl methyl sites for hydroxylation is 2. The van der Waals surface area contributed by atoms with Gasteiger partial charge in [-0.25, -0.2) is 4.68 Å². The monoisotopic (exact) mass is 420 g/mol. The van der Waals surface area contributed by atoms with Gasteiger partial charge in [-0.05, 0) is 43.7 Å². The van der Waals surface area contributed by atoms with Crippen LogP contribution in [0.2, 0.25) is 0 Å². The Bertz CT molecular complexity index is 1090. The Balaban J connectivity index is 1.97. The molecule has 0 bridgehead atoms. The van der Waals surface area contributed by atoms with Gasteiger partial charge in [0.05, 0.1) is 22.5 Å². The third-order valence-corrected chi connectivity index (χ3v) is 5.12. The molecule has 2 heterocycles. The van der Waals surface area contributed by atoms with E-state index in [4.69, 9.17) is 10.5 Å². The molecule has 1 aliphatic rings. The molecule has 0 radical (unpaired) electrons. The summed E-state index contributed by atoms with van der Waals surface area (Å²) in [6.45, 7) is 3.94. The van der Waals surface area contributed by atoms with E-state index < -0.39 is 6.23 Å². The minimum atomic E-state index is -0.843. The Kier molecular flexibility index (Phi) is 4.34. The molecule has 134 valence electrons. The van der Waals surface area contributed by atoms with Gasteiger partial charge in [-0.2, -0.15) is 10.4 Å². The number of nitrogens with two attached hydrogens (primary N) is 1. The zero-order chi connectivity index (χ0) is 19.1. The van der Waals surface area contributed by atoms with Crippen LogP contribution in [-0.4, -0.2) is 16.0 Å². The van der Waals surface area contributed by atoms with Crippen molar-refractivity contribution >= 4 is 21.5 Å². The van der Waals surface area contributed by atoms with E-state index >= 15 is 0 Å². The highest BCUT2D eigenvalue weighted by Crippen LogP contribution is 2.41. The molecule has 5 nitrogen and oxygen atoms in total. The zero-order valence-electron chi connectivity index (χ0n) is 14.9.